The van der Waals surface area contributed by atoms with E-state index in [1.807, 2.05) is 42.5 Å². The molecule has 1 N–H and O–H groups in total. The molecule has 0 amide bonds. The van der Waals surface area contributed by atoms with Crippen LogP contribution in [0.25, 0.3) is 21.9 Å². The van der Waals surface area contributed by atoms with Crippen LogP contribution in [0.5, 0.6) is 0 Å². The van der Waals surface area contributed by atoms with Crippen molar-refractivity contribution in [2.75, 3.05) is 5.32 Å². The van der Waals surface area contributed by atoms with Crippen molar-refractivity contribution >= 4 is 43.6 Å². The number of anilines is 1. The second-order valence-corrected chi connectivity index (χ2v) is 5.65. The summed E-state index contributed by atoms with van der Waals surface area (Å²) < 4.78 is 12.1. The van der Waals surface area contributed by atoms with Crippen LogP contribution >= 0.6 is 15.9 Å². The summed E-state index contributed by atoms with van der Waals surface area (Å²) in [6.45, 7) is 0.646. The van der Waals surface area contributed by atoms with Crippen LogP contribution in [0.3, 0.4) is 0 Å². The van der Waals surface area contributed by atoms with Crippen LogP contribution in [0.15, 0.2) is 68.1 Å². The number of hydrogen-bond acceptors (Lipinski definition) is 3. The number of fused-ring (bicyclic) bond motifs is 3. The van der Waals surface area contributed by atoms with Crippen LogP contribution in [0.1, 0.15) is 5.76 Å². The van der Waals surface area contributed by atoms with Crippen LogP contribution in [0, 0.1) is 0 Å². The smallest absolute Gasteiger partial charge is 0.169 e. The fourth-order valence-corrected chi connectivity index (χ4v) is 2.81. The first-order chi connectivity index (χ1) is 10.3. The van der Waals surface area contributed by atoms with Crippen molar-refractivity contribution in [3.05, 3.63) is 65.0 Å². The molecule has 0 atom stereocenters. The Morgan fingerprint density at radius 2 is 1.71 bits per heavy atom. The predicted octanol–water partition coefficient (Wildman–Crippen LogP) is 5.55. The normalized spacial score (nSPS) is 11.3. The van der Waals surface area contributed by atoms with Gasteiger partial charge in [-0.25, -0.2) is 0 Å². The first-order valence-corrected chi connectivity index (χ1v) is 7.48. The number of halogens is 1. The number of benzene rings is 2. The van der Waals surface area contributed by atoms with Crippen LogP contribution in [0.2, 0.25) is 0 Å². The second kappa shape index (κ2) is 4.97. The number of furan rings is 2. The van der Waals surface area contributed by atoms with Gasteiger partial charge in [0.1, 0.15) is 16.9 Å². The van der Waals surface area contributed by atoms with Gasteiger partial charge in [0, 0.05) is 16.5 Å². The number of nitrogens with one attached hydrogen (secondary N) is 1. The molecule has 0 aliphatic carbocycles. The predicted molar refractivity (Wildman–Crippen MR) is 87.5 cm³/mol. The van der Waals surface area contributed by atoms with Gasteiger partial charge >= 0.3 is 0 Å². The SMILES string of the molecule is Brc1ccc(CNc2ccc3oc4ccccc4c3c2)o1. The fraction of sp³-hybridized carbons (Fsp3) is 0.0588. The Kier molecular flexibility index (Phi) is 2.97. The van der Waals surface area contributed by atoms with Gasteiger partial charge in [0.05, 0.1) is 6.54 Å². The molecule has 4 heteroatoms. The molecule has 3 nitrogen and oxygen atoms in total. The Bertz CT molecular complexity index is 923. The lowest BCUT2D eigenvalue weighted by Crippen LogP contribution is -1.97. The summed E-state index contributed by atoms with van der Waals surface area (Å²) in [6.07, 6.45) is 0. The molecular weight excluding hydrogens is 330 g/mol. The van der Waals surface area contributed by atoms with Crippen molar-refractivity contribution in [2.24, 2.45) is 0 Å². The molecule has 2 heterocycles. The van der Waals surface area contributed by atoms with Gasteiger partial charge in [-0.3, -0.25) is 0 Å². The minimum absolute atomic E-state index is 0.646. The van der Waals surface area contributed by atoms with Crippen LogP contribution in [-0.2, 0) is 6.54 Å². The summed E-state index contributed by atoms with van der Waals surface area (Å²) in [7, 11) is 0. The van der Waals surface area contributed by atoms with E-state index in [9.17, 15) is 0 Å². The van der Waals surface area contributed by atoms with Crippen molar-refractivity contribution < 1.29 is 8.83 Å². The maximum Gasteiger partial charge on any atom is 0.169 e. The molecule has 104 valence electrons. The van der Waals surface area contributed by atoms with Gasteiger partial charge in [-0.2, -0.15) is 0 Å². The topological polar surface area (TPSA) is 38.3 Å². The summed E-state index contributed by atoms with van der Waals surface area (Å²) >= 11 is 3.31. The average molecular weight is 342 g/mol. The second-order valence-electron chi connectivity index (χ2n) is 4.87. The van der Waals surface area contributed by atoms with Gasteiger partial charge in [-0.05, 0) is 52.3 Å². The molecule has 0 spiro atoms. The van der Waals surface area contributed by atoms with Gasteiger partial charge < -0.3 is 14.2 Å². The molecule has 2 aromatic heterocycles. The van der Waals surface area contributed by atoms with Gasteiger partial charge in [0.2, 0.25) is 0 Å². The molecule has 4 rings (SSSR count). The highest BCUT2D eigenvalue weighted by atomic mass is 79.9. The highest BCUT2D eigenvalue weighted by molar-refractivity contribution is 9.10. The summed E-state index contributed by atoms with van der Waals surface area (Å²) in [6, 6.07) is 18.0. The molecule has 21 heavy (non-hydrogen) atoms. The molecular formula is C17H12BrNO2. The van der Waals surface area contributed by atoms with Crippen molar-refractivity contribution in [3.8, 4) is 0 Å². The Labute approximate surface area is 129 Å². The number of rotatable bonds is 3. The van der Waals surface area contributed by atoms with E-state index in [1.54, 1.807) is 0 Å². The van der Waals surface area contributed by atoms with Crippen molar-refractivity contribution in [1.29, 1.82) is 0 Å². The maximum absolute atomic E-state index is 5.82. The summed E-state index contributed by atoms with van der Waals surface area (Å²) in [4.78, 5) is 0. The molecule has 0 saturated heterocycles. The summed E-state index contributed by atoms with van der Waals surface area (Å²) in [5.74, 6) is 0.888. The zero-order valence-corrected chi connectivity index (χ0v) is 12.7. The van der Waals surface area contributed by atoms with Gasteiger partial charge in [0.25, 0.3) is 0 Å². The average Bonchev–Trinajstić information content (AvgIpc) is 3.08. The summed E-state index contributed by atoms with van der Waals surface area (Å²) in [5.41, 5.74) is 2.86. The maximum atomic E-state index is 5.82. The first-order valence-electron chi connectivity index (χ1n) is 6.69. The lowest BCUT2D eigenvalue weighted by atomic mass is 10.1. The third kappa shape index (κ3) is 2.32. The Morgan fingerprint density at radius 3 is 2.57 bits per heavy atom. The van der Waals surface area contributed by atoms with Crippen molar-refractivity contribution in [3.63, 3.8) is 0 Å². The van der Waals surface area contributed by atoms with Gasteiger partial charge in [0.15, 0.2) is 4.67 Å². The van der Waals surface area contributed by atoms with E-state index in [1.165, 1.54) is 0 Å². The number of para-hydroxylation sites is 1. The zero-order valence-electron chi connectivity index (χ0n) is 11.1. The largest absolute Gasteiger partial charge is 0.456 e. The summed E-state index contributed by atoms with van der Waals surface area (Å²) in [5, 5.41) is 5.62. The van der Waals surface area contributed by atoms with Crippen molar-refractivity contribution in [2.45, 2.75) is 6.54 Å². The fourth-order valence-electron chi connectivity index (χ4n) is 2.47. The van der Waals surface area contributed by atoms with E-state index in [0.717, 1.165) is 38.1 Å². The molecule has 0 saturated carbocycles. The minimum Gasteiger partial charge on any atom is -0.456 e. The molecule has 0 fully saturated rings. The van der Waals surface area contributed by atoms with Crippen LogP contribution < -0.4 is 5.32 Å². The van der Waals surface area contributed by atoms with Crippen LogP contribution in [-0.4, -0.2) is 0 Å². The van der Waals surface area contributed by atoms with E-state index in [-0.39, 0.29) is 0 Å². The molecule has 0 bridgehead atoms. The highest BCUT2D eigenvalue weighted by Crippen LogP contribution is 2.30. The lowest BCUT2D eigenvalue weighted by Gasteiger charge is -2.04. The minimum atomic E-state index is 0.646. The molecule has 4 aromatic rings. The highest BCUT2D eigenvalue weighted by Gasteiger charge is 2.07. The molecule has 0 unspecified atom stereocenters. The first kappa shape index (κ1) is 12.5. The van der Waals surface area contributed by atoms with Gasteiger partial charge in [-0.1, -0.05) is 18.2 Å². The van der Waals surface area contributed by atoms with E-state index in [2.05, 4.69) is 33.4 Å². The van der Waals surface area contributed by atoms with Crippen molar-refractivity contribution in [1.82, 2.24) is 0 Å². The third-order valence-electron chi connectivity index (χ3n) is 3.47. The molecule has 0 aliphatic heterocycles. The standard InChI is InChI=1S/C17H12BrNO2/c18-17-8-6-12(20-17)10-19-11-5-7-16-14(9-11)13-3-1-2-4-15(13)21-16/h1-9,19H,10H2. The Morgan fingerprint density at radius 1 is 0.857 bits per heavy atom. The van der Waals surface area contributed by atoms with E-state index in [4.69, 9.17) is 8.83 Å². The third-order valence-corrected chi connectivity index (χ3v) is 3.90. The van der Waals surface area contributed by atoms with Gasteiger partial charge in [-0.15, -0.1) is 0 Å². The van der Waals surface area contributed by atoms with E-state index < -0.39 is 0 Å². The molecule has 0 radical (unpaired) electrons. The Hall–Kier alpha value is -2.20. The number of hydrogen-bond donors (Lipinski definition) is 1. The zero-order chi connectivity index (χ0) is 14.2. The molecule has 2 aromatic carbocycles. The Balaban J connectivity index is 1.68. The quantitative estimate of drug-likeness (QED) is 0.530. The van der Waals surface area contributed by atoms with E-state index >= 15 is 0 Å². The van der Waals surface area contributed by atoms with Crippen LogP contribution in [0.4, 0.5) is 5.69 Å². The monoisotopic (exact) mass is 341 g/mol. The molecule has 0 aliphatic rings. The lowest BCUT2D eigenvalue weighted by molar-refractivity contribution is 0.495. The van der Waals surface area contributed by atoms with E-state index in [0.29, 0.717) is 6.54 Å².